The van der Waals surface area contributed by atoms with Crippen LogP contribution < -0.4 is 19.5 Å². The number of rotatable bonds is 7. The van der Waals surface area contributed by atoms with Crippen LogP contribution in [0.1, 0.15) is 17.1 Å². The first-order valence-electron chi connectivity index (χ1n) is 7.87. The number of nitrogens with zero attached hydrogens (tertiary/aromatic N) is 1. The molecule has 1 aromatic carbocycles. The summed E-state index contributed by atoms with van der Waals surface area (Å²) < 4.78 is 56.0. The molecule has 154 valence electrons. The molecule has 1 heterocycles. The van der Waals surface area contributed by atoms with Gasteiger partial charge >= 0.3 is 6.18 Å². The van der Waals surface area contributed by atoms with Gasteiger partial charge in [-0.1, -0.05) is 0 Å². The van der Waals surface area contributed by atoms with Crippen LogP contribution in [-0.2, 0) is 10.4 Å². The van der Waals surface area contributed by atoms with E-state index in [1.165, 1.54) is 45.8 Å². The van der Waals surface area contributed by atoms with Crippen molar-refractivity contribution in [2.24, 2.45) is 0 Å². The van der Waals surface area contributed by atoms with E-state index in [2.05, 4.69) is 10.3 Å². The SMILES string of the molecule is COc1cc(NC(=O)CC(O)(c2nc(C)cs2)C(F)(F)F)cc(OC)c1OC. The van der Waals surface area contributed by atoms with Gasteiger partial charge in [0.25, 0.3) is 0 Å². The second-order valence-corrected chi connectivity index (χ2v) is 6.65. The van der Waals surface area contributed by atoms with Gasteiger partial charge in [-0.2, -0.15) is 13.2 Å². The molecule has 0 aliphatic carbocycles. The molecule has 1 atom stereocenters. The van der Waals surface area contributed by atoms with E-state index in [-0.39, 0.29) is 22.9 Å². The molecule has 0 saturated carbocycles. The number of nitrogens with one attached hydrogen (secondary N) is 1. The van der Waals surface area contributed by atoms with Crippen LogP contribution in [0.3, 0.4) is 0 Å². The number of ether oxygens (including phenoxy) is 3. The van der Waals surface area contributed by atoms with Crippen LogP contribution in [0.4, 0.5) is 18.9 Å². The Bertz CT molecular complexity index is 831. The molecule has 2 N–H and O–H groups in total. The van der Waals surface area contributed by atoms with E-state index >= 15 is 0 Å². The molecule has 0 fully saturated rings. The Hall–Kier alpha value is -2.53. The lowest BCUT2D eigenvalue weighted by Gasteiger charge is -2.28. The van der Waals surface area contributed by atoms with Crippen LogP contribution in [0.2, 0.25) is 0 Å². The number of halogens is 3. The fourth-order valence-electron chi connectivity index (χ4n) is 2.43. The second-order valence-electron chi connectivity index (χ2n) is 5.79. The molecule has 1 amide bonds. The van der Waals surface area contributed by atoms with Crippen molar-refractivity contribution in [3.63, 3.8) is 0 Å². The van der Waals surface area contributed by atoms with E-state index in [1.54, 1.807) is 0 Å². The number of thiazole rings is 1. The van der Waals surface area contributed by atoms with Crippen LogP contribution in [0.15, 0.2) is 17.5 Å². The number of aliphatic hydroxyl groups is 1. The largest absolute Gasteiger partial charge is 0.493 e. The van der Waals surface area contributed by atoms with Crippen molar-refractivity contribution < 1.29 is 37.3 Å². The Kier molecular flexibility index (Phi) is 6.40. The summed E-state index contributed by atoms with van der Waals surface area (Å²) in [6.45, 7) is 1.49. The fourth-order valence-corrected chi connectivity index (χ4v) is 3.35. The minimum atomic E-state index is -5.09. The molecule has 0 spiro atoms. The van der Waals surface area contributed by atoms with Crippen molar-refractivity contribution in [1.29, 1.82) is 0 Å². The minimum absolute atomic E-state index is 0.111. The molecule has 7 nitrogen and oxygen atoms in total. The molecule has 11 heteroatoms. The Morgan fingerprint density at radius 2 is 1.75 bits per heavy atom. The molecule has 0 saturated heterocycles. The fraction of sp³-hybridized carbons (Fsp3) is 0.412. The van der Waals surface area contributed by atoms with Gasteiger partial charge in [0.2, 0.25) is 17.3 Å². The molecule has 0 aliphatic heterocycles. The van der Waals surface area contributed by atoms with Crippen molar-refractivity contribution in [2.45, 2.75) is 25.1 Å². The van der Waals surface area contributed by atoms with Crippen molar-refractivity contribution in [2.75, 3.05) is 26.6 Å². The number of hydrogen-bond donors (Lipinski definition) is 2. The van der Waals surface area contributed by atoms with Gasteiger partial charge in [-0.3, -0.25) is 4.79 Å². The third-order valence-electron chi connectivity index (χ3n) is 3.81. The van der Waals surface area contributed by atoms with Crippen molar-refractivity contribution in [1.82, 2.24) is 4.98 Å². The van der Waals surface area contributed by atoms with Gasteiger partial charge in [0.05, 0.1) is 27.8 Å². The summed E-state index contributed by atoms with van der Waals surface area (Å²) in [5.41, 5.74) is -2.98. The highest BCUT2D eigenvalue weighted by atomic mass is 32.1. The zero-order valence-electron chi connectivity index (χ0n) is 15.5. The first-order chi connectivity index (χ1) is 13.1. The predicted octanol–water partition coefficient (Wildman–Crippen LogP) is 3.26. The number of carbonyl (C=O) groups is 1. The first kappa shape index (κ1) is 21.8. The summed E-state index contributed by atoms with van der Waals surface area (Å²) in [7, 11) is 4.10. The maximum Gasteiger partial charge on any atom is 0.424 e. The Morgan fingerprint density at radius 3 is 2.14 bits per heavy atom. The topological polar surface area (TPSA) is 89.9 Å². The van der Waals surface area contributed by atoms with Crippen LogP contribution in [0.25, 0.3) is 0 Å². The summed E-state index contributed by atoms with van der Waals surface area (Å²) in [6.07, 6.45) is -6.36. The maximum absolute atomic E-state index is 13.5. The number of carbonyl (C=O) groups excluding carboxylic acids is 1. The van der Waals surface area contributed by atoms with Gasteiger partial charge in [0.1, 0.15) is 5.01 Å². The Balaban J connectivity index is 2.31. The lowest BCUT2D eigenvalue weighted by molar-refractivity contribution is -0.266. The maximum atomic E-state index is 13.5. The Morgan fingerprint density at radius 1 is 1.18 bits per heavy atom. The first-order valence-corrected chi connectivity index (χ1v) is 8.75. The average Bonchev–Trinajstić information content (AvgIpc) is 3.06. The summed E-state index contributed by atoms with van der Waals surface area (Å²) in [6, 6.07) is 2.72. The number of hydrogen-bond acceptors (Lipinski definition) is 7. The molecular formula is C17H19F3N2O5S. The standard InChI is InChI=1S/C17H19F3N2O5S/c1-9-8-28-15(21-9)16(24,17(18,19)20)7-13(23)22-10-5-11(25-2)14(27-4)12(6-10)26-3/h5-6,8,24H,7H2,1-4H3,(H,22,23). The van der Waals surface area contributed by atoms with Crippen LogP contribution >= 0.6 is 11.3 Å². The molecule has 2 rings (SSSR count). The molecule has 0 radical (unpaired) electrons. The number of alkyl halides is 3. The van der Waals surface area contributed by atoms with Gasteiger partial charge in [0, 0.05) is 28.9 Å². The van der Waals surface area contributed by atoms with Crippen molar-refractivity contribution >= 4 is 22.9 Å². The number of methoxy groups -OCH3 is 3. The second kappa shape index (κ2) is 8.23. The third-order valence-corrected chi connectivity index (χ3v) is 4.92. The van der Waals surface area contributed by atoms with E-state index in [1.807, 2.05) is 0 Å². The highest BCUT2D eigenvalue weighted by Crippen LogP contribution is 2.44. The van der Waals surface area contributed by atoms with Crippen LogP contribution in [-0.4, -0.2) is 43.5 Å². The predicted molar refractivity (Wildman–Crippen MR) is 96.1 cm³/mol. The molecule has 1 aromatic heterocycles. The smallest absolute Gasteiger partial charge is 0.424 e. The summed E-state index contributed by atoms with van der Waals surface area (Å²) in [5, 5.41) is 13.3. The zero-order valence-corrected chi connectivity index (χ0v) is 16.3. The molecule has 2 aromatic rings. The molecule has 0 bridgehead atoms. The zero-order chi connectivity index (χ0) is 21.1. The van der Waals surface area contributed by atoms with Gasteiger partial charge in [-0.25, -0.2) is 4.98 Å². The number of aromatic nitrogens is 1. The number of anilines is 1. The highest BCUT2D eigenvalue weighted by molar-refractivity contribution is 7.09. The highest BCUT2D eigenvalue weighted by Gasteiger charge is 2.58. The van der Waals surface area contributed by atoms with Gasteiger partial charge in [-0.15, -0.1) is 11.3 Å². The van der Waals surface area contributed by atoms with E-state index in [9.17, 15) is 23.1 Å². The molecule has 0 aliphatic rings. The van der Waals surface area contributed by atoms with E-state index < -0.39 is 29.1 Å². The van der Waals surface area contributed by atoms with Crippen LogP contribution in [0.5, 0.6) is 17.2 Å². The van der Waals surface area contributed by atoms with Gasteiger partial charge in [0.15, 0.2) is 11.5 Å². The number of benzene rings is 1. The van der Waals surface area contributed by atoms with Gasteiger partial charge in [-0.05, 0) is 6.92 Å². The van der Waals surface area contributed by atoms with Crippen molar-refractivity contribution in [3.8, 4) is 17.2 Å². The normalized spacial score (nSPS) is 13.6. The third kappa shape index (κ3) is 4.30. The lowest BCUT2D eigenvalue weighted by atomic mass is 9.99. The van der Waals surface area contributed by atoms with Crippen LogP contribution in [0, 0.1) is 6.92 Å². The monoisotopic (exact) mass is 420 g/mol. The molecular weight excluding hydrogens is 401 g/mol. The summed E-state index contributed by atoms with van der Waals surface area (Å²) in [4.78, 5) is 16.0. The Labute approximate surface area is 163 Å². The molecule has 1 unspecified atom stereocenters. The summed E-state index contributed by atoms with van der Waals surface area (Å²) in [5.74, 6) is -0.396. The van der Waals surface area contributed by atoms with Crippen molar-refractivity contribution in [3.05, 3.63) is 28.2 Å². The number of amides is 1. The summed E-state index contributed by atoms with van der Waals surface area (Å²) >= 11 is 0.631. The molecule has 28 heavy (non-hydrogen) atoms. The van der Waals surface area contributed by atoms with E-state index in [4.69, 9.17) is 14.2 Å². The van der Waals surface area contributed by atoms with E-state index in [0.717, 1.165) is 0 Å². The minimum Gasteiger partial charge on any atom is -0.493 e. The van der Waals surface area contributed by atoms with E-state index in [0.29, 0.717) is 17.0 Å². The quantitative estimate of drug-likeness (QED) is 0.715. The average molecular weight is 420 g/mol. The van der Waals surface area contributed by atoms with Gasteiger partial charge < -0.3 is 24.6 Å². The number of aryl methyl sites for hydroxylation is 1. The lowest BCUT2D eigenvalue weighted by Crippen LogP contribution is -2.45.